The quantitative estimate of drug-likeness (QED) is 0.701. The van der Waals surface area contributed by atoms with Crippen molar-refractivity contribution in [2.45, 2.75) is 6.92 Å². The molecule has 0 bridgehead atoms. The minimum atomic E-state index is -0.305. The zero-order valence-electron chi connectivity index (χ0n) is 11.6. The third-order valence-electron chi connectivity index (χ3n) is 3.17. The first-order valence-corrected chi connectivity index (χ1v) is 7.67. The Balaban J connectivity index is 1.96. The lowest BCUT2D eigenvalue weighted by Crippen LogP contribution is -2.07. The minimum absolute atomic E-state index is 0.305. The Morgan fingerprint density at radius 1 is 1.10 bits per heavy atom. The number of anilines is 2. The van der Waals surface area contributed by atoms with Gasteiger partial charge in [-0.3, -0.25) is 0 Å². The van der Waals surface area contributed by atoms with E-state index < -0.39 is 0 Å². The van der Waals surface area contributed by atoms with Gasteiger partial charge in [0.1, 0.15) is 0 Å². The van der Waals surface area contributed by atoms with Gasteiger partial charge in [0, 0.05) is 15.5 Å². The summed E-state index contributed by atoms with van der Waals surface area (Å²) in [6.07, 6.45) is 0. The number of para-hydroxylation sites is 1. The monoisotopic (exact) mass is 297 g/mol. The third kappa shape index (κ3) is 2.76. The van der Waals surface area contributed by atoms with E-state index in [0.29, 0.717) is 12.2 Å². The van der Waals surface area contributed by atoms with Crippen molar-refractivity contribution in [3.05, 3.63) is 59.5 Å². The molecule has 0 spiro atoms. The Bertz CT molecular complexity index is 779. The SMILES string of the molecule is CCOC(=O)c1ccccc1Nc1csc2ccccc12. The topological polar surface area (TPSA) is 38.3 Å². The number of nitrogens with one attached hydrogen (secondary N) is 1. The van der Waals surface area contributed by atoms with Crippen LogP contribution in [0.1, 0.15) is 17.3 Å². The summed E-state index contributed by atoms with van der Waals surface area (Å²) in [5.41, 5.74) is 2.32. The van der Waals surface area contributed by atoms with Crippen LogP contribution in [0.3, 0.4) is 0 Å². The van der Waals surface area contributed by atoms with Crippen molar-refractivity contribution in [3.8, 4) is 0 Å². The highest BCUT2D eigenvalue weighted by Gasteiger charge is 2.13. The first kappa shape index (κ1) is 13.6. The molecule has 0 aliphatic heterocycles. The average molecular weight is 297 g/mol. The Morgan fingerprint density at radius 2 is 1.86 bits per heavy atom. The lowest BCUT2D eigenvalue weighted by Gasteiger charge is -2.10. The number of rotatable bonds is 4. The molecule has 3 nitrogen and oxygen atoms in total. The molecule has 3 rings (SSSR count). The smallest absolute Gasteiger partial charge is 0.340 e. The summed E-state index contributed by atoms with van der Waals surface area (Å²) in [6.45, 7) is 2.18. The summed E-state index contributed by atoms with van der Waals surface area (Å²) < 4.78 is 6.32. The standard InChI is InChI=1S/C17H15NO2S/c1-2-20-17(19)13-8-3-5-9-14(13)18-15-11-21-16-10-6-4-7-12(15)16/h3-11,18H,2H2,1H3. The van der Waals surface area contributed by atoms with Crippen molar-refractivity contribution in [1.29, 1.82) is 0 Å². The molecule has 0 unspecified atom stereocenters. The highest BCUT2D eigenvalue weighted by Crippen LogP contribution is 2.33. The van der Waals surface area contributed by atoms with Gasteiger partial charge in [0.15, 0.2) is 0 Å². The highest BCUT2D eigenvalue weighted by molar-refractivity contribution is 7.17. The highest BCUT2D eigenvalue weighted by atomic mass is 32.1. The molecule has 1 heterocycles. The second-order valence-electron chi connectivity index (χ2n) is 4.54. The van der Waals surface area contributed by atoms with Crippen LogP contribution in [0.15, 0.2) is 53.9 Å². The molecule has 3 aromatic rings. The van der Waals surface area contributed by atoms with Crippen molar-refractivity contribution in [1.82, 2.24) is 0 Å². The molecule has 1 aromatic heterocycles. The van der Waals surface area contributed by atoms with Gasteiger partial charge >= 0.3 is 5.97 Å². The number of thiophene rings is 1. The second-order valence-corrected chi connectivity index (χ2v) is 5.45. The number of hydrogen-bond acceptors (Lipinski definition) is 4. The van der Waals surface area contributed by atoms with Crippen LogP contribution < -0.4 is 5.32 Å². The molecule has 0 aliphatic carbocycles. The summed E-state index contributed by atoms with van der Waals surface area (Å²) in [5.74, 6) is -0.305. The lowest BCUT2D eigenvalue weighted by atomic mass is 10.1. The fraction of sp³-hybridized carbons (Fsp3) is 0.118. The molecule has 0 fully saturated rings. The predicted molar refractivity (Wildman–Crippen MR) is 87.5 cm³/mol. The zero-order valence-corrected chi connectivity index (χ0v) is 12.4. The zero-order chi connectivity index (χ0) is 14.7. The number of benzene rings is 2. The Labute approximate surface area is 127 Å². The van der Waals surface area contributed by atoms with Gasteiger partial charge in [0.25, 0.3) is 0 Å². The van der Waals surface area contributed by atoms with Gasteiger partial charge in [-0.15, -0.1) is 11.3 Å². The Kier molecular flexibility index (Phi) is 3.88. The van der Waals surface area contributed by atoms with Gasteiger partial charge in [-0.05, 0) is 25.1 Å². The lowest BCUT2D eigenvalue weighted by molar-refractivity contribution is 0.0527. The molecular weight excluding hydrogens is 282 g/mol. The van der Waals surface area contributed by atoms with E-state index in [1.807, 2.05) is 30.3 Å². The summed E-state index contributed by atoms with van der Waals surface area (Å²) in [5, 5.41) is 6.56. The fourth-order valence-electron chi connectivity index (χ4n) is 2.20. The fourth-order valence-corrected chi connectivity index (χ4v) is 3.09. The van der Waals surface area contributed by atoms with E-state index in [9.17, 15) is 4.79 Å². The molecule has 0 amide bonds. The summed E-state index contributed by atoms with van der Waals surface area (Å²) >= 11 is 1.68. The number of fused-ring (bicyclic) bond motifs is 1. The summed E-state index contributed by atoms with van der Waals surface area (Å²) in [6, 6.07) is 15.6. The van der Waals surface area contributed by atoms with Crippen LogP contribution >= 0.6 is 11.3 Å². The summed E-state index contributed by atoms with van der Waals surface area (Å²) in [7, 11) is 0. The van der Waals surface area contributed by atoms with Gasteiger partial charge in [-0.1, -0.05) is 30.3 Å². The molecule has 0 atom stereocenters. The van der Waals surface area contributed by atoms with Gasteiger partial charge in [-0.2, -0.15) is 0 Å². The van der Waals surface area contributed by atoms with Gasteiger partial charge in [0.05, 0.1) is 23.5 Å². The molecule has 21 heavy (non-hydrogen) atoms. The number of carbonyl (C=O) groups is 1. The average Bonchev–Trinajstić information content (AvgIpc) is 2.91. The summed E-state index contributed by atoms with van der Waals surface area (Å²) in [4.78, 5) is 12.0. The van der Waals surface area contributed by atoms with Crippen LogP contribution in [-0.4, -0.2) is 12.6 Å². The van der Waals surface area contributed by atoms with Crippen LogP contribution in [0.5, 0.6) is 0 Å². The van der Waals surface area contributed by atoms with E-state index in [4.69, 9.17) is 4.74 Å². The predicted octanol–water partition coefficient (Wildman–Crippen LogP) is 4.82. The Morgan fingerprint density at radius 3 is 2.71 bits per heavy atom. The third-order valence-corrected chi connectivity index (χ3v) is 4.14. The van der Waals surface area contributed by atoms with Crippen molar-refractivity contribution in [2.24, 2.45) is 0 Å². The van der Waals surface area contributed by atoms with Crippen molar-refractivity contribution >= 4 is 38.8 Å². The maximum atomic E-state index is 12.0. The number of ether oxygens (including phenoxy) is 1. The molecule has 2 aromatic carbocycles. The number of carbonyl (C=O) groups excluding carboxylic acids is 1. The maximum absolute atomic E-state index is 12.0. The normalized spacial score (nSPS) is 10.5. The first-order chi connectivity index (χ1) is 10.3. The molecular formula is C17H15NO2S. The van der Waals surface area contributed by atoms with Crippen molar-refractivity contribution in [3.63, 3.8) is 0 Å². The largest absolute Gasteiger partial charge is 0.462 e. The molecule has 0 saturated heterocycles. The number of esters is 1. The minimum Gasteiger partial charge on any atom is -0.462 e. The molecule has 106 valence electrons. The van der Waals surface area contributed by atoms with Gasteiger partial charge < -0.3 is 10.1 Å². The van der Waals surface area contributed by atoms with E-state index in [1.54, 1.807) is 24.3 Å². The Hall–Kier alpha value is -2.33. The van der Waals surface area contributed by atoms with E-state index in [-0.39, 0.29) is 5.97 Å². The van der Waals surface area contributed by atoms with Crippen LogP contribution in [0.4, 0.5) is 11.4 Å². The van der Waals surface area contributed by atoms with E-state index in [1.165, 1.54) is 4.70 Å². The first-order valence-electron chi connectivity index (χ1n) is 6.79. The van der Waals surface area contributed by atoms with Crippen LogP contribution in [0.25, 0.3) is 10.1 Å². The molecule has 4 heteroatoms. The van der Waals surface area contributed by atoms with E-state index >= 15 is 0 Å². The van der Waals surface area contributed by atoms with Crippen LogP contribution in [0.2, 0.25) is 0 Å². The molecule has 0 aliphatic rings. The van der Waals surface area contributed by atoms with Crippen molar-refractivity contribution < 1.29 is 9.53 Å². The van der Waals surface area contributed by atoms with Gasteiger partial charge in [-0.25, -0.2) is 4.79 Å². The van der Waals surface area contributed by atoms with Crippen molar-refractivity contribution in [2.75, 3.05) is 11.9 Å². The van der Waals surface area contributed by atoms with Crippen LogP contribution in [-0.2, 0) is 4.74 Å². The molecule has 0 saturated carbocycles. The molecule has 0 radical (unpaired) electrons. The van der Waals surface area contributed by atoms with E-state index in [0.717, 1.165) is 16.8 Å². The van der Waals surface area contributed by atoms with E-state index in [2.05, 4.69) is 22.8 Å². The second kappa shape index (κ2) is 5.97. The van der Waals surface area contributed by atoms with Gasteiger partial charge in [0.2, 0.25) is 0 Å². The number of hydrogen-bond donors (Lipinski definition) is 1. The molecule has 1 N–H and O–H groups in total. The maximum Gasteiger partial charge on any atom is 0.340 e. The van der Waals surface area contributed by atoms with Crippen LogP contribution in [0, 0.1) is 0 Å².